The molecule has 108 valence electrons. The Hall–Kier alpha value is -2.04. The first-order chi connectivity index (χ1) is 9.49. The third kappa shape index (κ3) is 3.50. The molecule has 1 fully saturated rings. The van der Waals surface area contributed by atoms with Gasteiger partial charge in [-0.2, -0.15) is 0 Å². The monoisotopic (exact) mass is 276 g/mol. The maximum absolute atomic E-state index is 11.4. The first kappa shape index (κ1) is 14.4. The lowest BCUT2D eigenvalue weighted by molar-refractivity contribution is 0.0695. The lowest BCUT2D eigenvalue weighted by Gasteiger charge is -2.13. The fourth-order valence-corrected chi connectivity index (χ4v) is 2.31. The zero-order chi connectivity index (χ0) is 14.7. The van der Waals surface area contributed by atoms with Crippen LogP contribution in [-0.4, -0.2) is 23.5 Å². The summed E-state index contributed by atoms with van der Waals surface area (Å²) in [5.74, 6) is -0.686. The number of aryl methyl sites for hydroxylation is 1. The molecule has 4 N–H and O–H groups in total. The Kier molecular flexibility index (Phi) is 4.27. The standard InChI is InChI=1S/C15H20N2O3/c1-9-7-12(14(16)18)13(8-11(9)15(19)20)17-6-2-3-10-4-5-10/h7-8,10,17H,2-6H2,1H3,(H2,16,18)(H,19,20). The van der Waals surface area contributed by atoms with Gasteiger partial charge in [0.2, 0.25) is 0 Å². The summed E-state index contributed by atoms with van der Waals surface area (Å²) >= 11 is 0. The molecule has 0 bridgehead atoms. The van der Waals surface area contributed by atoms with Crippen LogP contribution in [0.5, 0.6) is 0 Å². The van der Waals surface area contributed by atoms with Gasteiger partial charge in [0.1, 0.15) is 0 Å². The van der Waals surface area contributed by atoms with Gasteiger partial charge in [0.15, 0.2) is 0 Å². The van der Waals surface area contributed by atoms with Gasteiger partial charge in [-0.05, 0) is 43.4 Å². The molecule has 1 aromatic carbocycles. The highest BCUT2D eigenvalue weighted by Gasteiger charge is 2.20. The van der Waals surface area contributed by atoms with E-state index in [1.54, 1.807) is 6.92 Å². The van der Waals surface area contributed by atoms with Crippen molar-refractivity contribution in [1.29, 1.82) is 0 Å². The molecule has 1 aliphatic carbocycles. The number of carbonyl (C=O) groups is 2. The molecule has 0 atom stereocenters. The van der Waals surface area contributed by atoms with Gasteiger partial charge in [0.25, 0.3) is 5.91 Å². The highest BCUT2D eigenvalue weighted by atomic mass is 16.4. The van der Waals surface area contributed by atoms with Crippen molar-refractivity contribution >= 4 is 17.6 Å². The predicted octanol–water partition coefficient (Wildman–Crippen LogP) is 2.39. The molecule has 2 rings (SSSR count). The minimum atomic E-state index is -1.00. The molecule has 0 unspecified atom stereocenters. The second-order valence-electron chi connectivity index (χ2n) is 5.39. The number of anilines is 1. The van der Waals surface area contributed by atoms with E-state index < -0.39 is 11.9 Å². The number of rotatable bonds is 7. The van der Waals surface area contributed by atoms with Crippen molar-refractivity contribution in [3.63, 3.8) is 0 Å². The zero-order valence-electron chi connectivity index (χ0n) is 11.6. The topological polar surface area (TPSA) is 92.4 Å². The van der Waals surface area contributed by atoms with Crippen molar-refractivity contribution in [3.8, 4) is 0 Å². The summed E-state index contributed by atoms with van der Waals surface area (Å²) < 4.78 is 0. The summed E-state index contributed by atoms with van der Waals surface area (Å²) in [6.07, 6.45) is 4.83. The Morgan fingerprint density at radius 2 is 2.05 bits per heavy atom. The number of primary amides is 1. The summed E-state index contributed by atoms with van der Waals surface area (Å²) in [5, 5.41) is 12.3. The molecular formula is C15H20N2O3. The number of nitrogens with two attached hydrogens (primary N) is 1. The molecule has 5 heteroatoms. The summed E-state index contributed by atoms with van der Waals surface area (Å²) in [6.45, 7) is 2.38. The van der Waals surface area contributed by atoms with E-state index in [1.165, 1.54) is 31.4 Å². The van der Waals surface area contributed by atoms with E-state index in [2.05, 4.69) is 5.32 Å². The molecule has 0 heterocycles. The number of benzene rings is 1. The van der Waals surface area contributed by atoms with Crippen LogP contribution in [-0.2, 0) is 0 Å². The van der Waals surface area contributed by atoms with Gasteiger partial charge in [-0.3, -0.25) is 4.79 Å². The van der Waals surface area contributed by atoms with Crippen molar-refractivity contribution in [2.24, 2.45) is 11.7 Å². The van der Waals surface area contributed by atoms with E-state index in [0.717, 1.165) is 18.9 Å². The van der Waals surface area contributed by atoms with Crippen LogP contribution in [0.1, 0.15) is 52.0 Å². The summed E-state index contributed by atoms with van der Waals surface area (Å²) in [4.78, 5) is 22.6. The molecule has 0 saturated heterocycles. The van der Waals surface area contributed by atoms with E-state index in [9.17, 15) is 9.59 Å². The first-order valence-corrected chi connectivity index (χ1v) is 6.90. The van der Waals surface area contributed by atoms with Crippen LogP contribution in [0, 0.1) is 12.8 Å². The van der Waals surface area contributed by atoms with Gasteiger partial charge in [-0.1, -0.05) is 12.8 Å². The van der Waals surface area contributed by atoms with Crippen LogP contribution in [0.2, 0.25) is 0 Å². The van der Waals surface area contributed by atoms with Crippen LogP contribution >= 0.6 is 0 Å². The number of hydrogen-bond donors (Lipinski definition) is 3. The molecule has 0 spiro atoms. The van der Waals surface area contributed by atoms with Crippen molar-refractivity contribution in [2.75, 3.05) is 11.9 Å². The van der Waals surface area contributed by atoms with E-state index in [0.29, 0.717) is 16.8 Å². The van der Waals surface area contributed by atoms with Crippen molar-refractivity contribution < 1.29 is 14.7 Å². The second kappa shape index (κ2) is 5.94. The van der Waals surface area contributed by atoms with Crippen molar-refractivity contribution in [3.05, 3.63) is 28.8 Å². The lowest BCUT2D eigenvalue weighted by Crippen LogP contribution is -2.16. The zero-order valence-corrected chi connectivity index (χ0v) is 11.6. The van der Waals surface area contributed by atoms with Crippen molar-refractivity contribution in [2.45, 2.75) is 32.6 Å². The number of hydrogen-bond acceptors (Lipinski definition) is 3. The molecule has 0 radical (unpaired) electrons. The number of carboxylic acids is 1. The van der Waals surface area contributed by atoms with Gasteiger partial charge in [0, 0.05) is 12.2 Å². The minimum absolute atomic E-state index is 0.194. The summed E-state index contributed by atoms with van der Waals surface area (Å²) in [7, 11) is 0. The van der Waals surface area contributed by atoms with Gasteiger partial charge in [-0.15, -0.1) is 0 Å². The Morgan fingerprint density at radius 1 is 1.35 bits per heavy atom. The predicted molar refractivity (Wildman–Crippen MR) is 77.1 cm³/mol. The smallest absolute Gasteiger partial charge is 0.336 e. The van der Waals surface area contributed by atoms with E-state index in [4.69, 9.17) is 10.8 Å². The number of aromatic carboxylic acids is 1. The third-order valence-electron chi connectivity index (χ3n) is 3.66. The number of carboxylic acid groups (broad SMARTS) is 1. The number of amides is 1. The average molecular weight is 276 g/mol. The Balaban J connectivity index is 2.11. The Bertz CT molecular complexity index is 536. The number of carbonyl (C=O) groups excluding carboxylic acids is 1. The average Bonchev–Trinajstić information content (AvgIpc) is 3.19. The minimum Gasteiger partial charge on any atom is -0.478 e. The van der Waals surface area contributed by atoms with Gasteiger partial charge < -0.3 is 16.2 Å². The number of nitrogens with one attached hydrogen (secondary N) is 1. The van der Waals surface area contributed by atoms with Crippen molar-refractivity contribution in [1.82, 2.24) is 0 Å². The summed E-state index contributed by atoms with van der Waals surface area (Å²) in [6, 6.07) is 3.03. The highest BCUT2D eigenvalue weighted by molar-refractivity contribution is 6.01. The van der Waals surface area contributed by atoms with Crippen LogP contribution in [0.4, 0.5) is 5.69 Å². The highest BCUT2D eigenvalue weighted by Crippen LogP contribution is 2.33. The fourth-order valence-electron chi connectivity index (χ4n) is 2.31. The van der Waals surface area contributed by atoms with Gasteiger partial charge in [-0.25, -0.2) is 4.79 Å². The maximum atomic E-state index is 11.4. The first-order valence-electron chi connectivity index (χ1n) is 6.90. The second-order valence-corrected chi connectivity index (χ2v) is 5.39. The molecule has 0 aromatic heterocycles. The fraction of sp³-hybridized carbons (Fsp3) is 0.467. The molecule has 1 aliphatic rings. The van der Waals surface area contributed by atoms with Crippen LogP contribution in [0.15, 0.2) is 12.1 Å². The molecular weight excluding hydrogens is 256 g/mol. The molecule has 1 saturated carbocycles. The normalized spacial score (nSPS) is 14.1. The molecule has 5 nitrogen and oxygen atoms in total. The van der Waals surface area contributed by atoms with Gasteiger partial charge >= 0.3 is 5.97 Å². The van der Waals surface area contributed by atoms with E-state index in [1.807, 2.05) is 0 Å². The molecule has 0 aliphatic heterocycles. The molecule has 1 aromatic rings. The molecule has 1 amide bonds. The summed E-state index contributed by atoms with van der Waals surface area (Å²) in [5.41, 5.74) is 6.93. The quantitative estimate of drug-likeness (QED) is 0.667. The van der Waals surface area contributed by atoms with Gasteiger partial charge in [0.05, 0.1) is 11.1 Å². The van der Waals surface area contributed by atoms with E-state index >= 15 is 0 Å². The Labute approximate surface area is 118 Å². The van der Waals surface area contributed by atoms with Crippen LogP contribution in [0.25, 0.3) is 0 Å². The molecule has 20 heavy (non-hydrogen) atoms. The maximum Gasteiger partial charge on any atom is 0.336 e. The SMILES string of the molecule is Cc1cc(C(N)=O)c(NCCCC2CC2)cc1C(=O)O. The third-order valence-corrected chi connectivity index (χ3v) is 3.66. The largest absolute Gasteiger partial charge is 0.478 e. The van der Waals surface area contributed by atoms with Crippen LogP contribution in [0.3, 0.4) is 0 Å². The van der Waals surface area contributed by atoms with Crippen LogP contribution < -0.4 is 11.1 Å². The van der Waals surface area contributed by atoms with E-state index in [-0.39, 0.29) is 5.56 Å². The Morgan fingerprint density at radius 3 is 2.60 bits per heavy atom. The lowest BCUT2D eigenvalue weighted by atomic mass is 10.0.